The van der Waals surface area contributed by atoms with Crippen LogP contribution in [-0.4, -0.2) is 36.2 Å². The maximum atomic E-state index is 12.9. The molecule has 0 unspecified atom stereocenters. The average molecular weight is 344 g/mol. The van der Waals surface area contributed by atoms with E-state index in [0.717, 1.165) is 0 Å². The highest BCUT2D eigenvalue weighted by Gasteiger charge is 2.26. The molecule has 2 aromatic carbocycles. The fraction of sp³-hybridized carbons (Fsp3) is 0.222. The lowest BCUT2D eigenvalue weighted by Crippen LogP contribution is -2.48. The van der Waals surface area contributed by atoms with Gasteiger partial charge in [0.2, 0.25) is 5.91 Å². The van der Waals surface area contributed by atoms with Crippen LogP contribution in [-0.2, 0) is 9.53 Å². The second-order valence-electron chi connectivity index (χ2n) is 5.72. The first-order valence-corrected chi connectivity index (χ1v) is 7.75. The van der Waals surface area contributed by atoms with Crippen LogP contribution in [0.15, 0.2) is 48.5 Å². The molecule has 0 aliphatic carbocycles. The van der Waals surface area contributed by atoms with Crippen LogP contribution in [0.1, 0.15) is 22.0 Å². The smallest absolute Gasteiger partial charge is 0.255 e. The number of morpholine rings is 1. The molecule has 1 saturated heterocycles. The monoisotopic (exact) mass is 344 g/mol. The molecule has 2 atom stereocenters. The molecular weight excluding hydrogens is 327 g/mol. The lowest BCUT2D eigenvalue weighted by Gasteiger charge is -2.28. The summed E-state index contributed by atoms with van der Waals surface area (Å²) in [5.41, 5.74) is 1.47. The predicted molar refractivity (Wildman–Crippen MR) is 88.5 cm³/mol. The Labute approximate surface area is 143 Å². The molecule has 25 heavy (non-hydrogen) atoms. The summed E-state index contributed by atoms with van der Waals surface area (Å²) in [5, 5.41) is 15.7. The number of carbonyl (C=O) groups is 2. The number of aliphatic hydroxyl groups is 1. The number of anilines is 1. The van der Waals surface area contributed by atoms with Crippen molar-refractivity contribution < 1.29 is 23.8 Å². The van der Waals surface area contributed by atoms with Crippen LogP contribution in [0.5, 0.6) is 0 Å². The van der Waals surface area contributed by atoms with Gasteiger partial charge in [0.15, 0.2) is 0 Å². The second kappa shape index (κ2) is 7.42. The summed E-state index contributed by atoms with van der Waals surface area (Å²) in [7, 11) is 0. The third kappa shape index (κ3) is 4.20. The lowest BCUT2D eigenvalue weighted by molar-refractivity contribution is -0.133. The van der Waals surface area contributed by atoms with Crippen molar-refractivity contribution in [1.29, 1.82) is 0 Å². The van der Waals surface area contributed by atoms with E-state index >= 15 is 0 Å². The number of amides is 2. The van der Waals surface area contributed by atoms with Gasteiger partial charge in [0.25, 0.3) is 5.91 Å². The highest BCUT2D eigenvalue weighted by atomic mass is 19.1. The van der Waals surface area contributed by atoms with Crippen molar-refractivity contribution in [3.8, 4) is 0 Å². The Kier molecular flexibility index (Phi) is 5.06. The van der Waals surface area contributed by atoms with Gasteiger partial charge < -0.3 is 20.5 Å². The Morgan fingerprint density at radius 3 is 2.52 bits per heavy atom. The SMILES string of the molecule is O=C1COC[C@H]([C@H](O)c2ccc(NC(=O)c3ccc(F)cc3)cc2)N1. The van der Waals surface area contributed by atoms with Crippen LogP contribution in [0.4, 0.5) is 10.1 Å². The van der Waals surface area contributed by atoms with E-state index in [0.29, 0.717) is 16.8 Å². The molecule has 2 amide bonds. The van der Waals surface area contributed by atoms with Crippen molar-refractivity contribution in [2.45, 2.75) is 12.1 Å². The van der Waals surface area contributed by atoms with Crippen LogP contribution in [0.2, 0.25) is 0 Å². The number of hydrogen-bond acceptors (Lipinski definition) is 4. The zero-order chi connectivity index (χ0) is 17.8. The van der Waals surface area contributed by atoms with E-state index in [-0.39, 0.29) is 25.0 Å². The first kappa shape index (κ1) is 17.1. The van der Waals surface area contributed by atoms with Crippen molar-refractivity contribution >= 4 is 17.5 Å². The average Bonchev–Trinajstić information content (AvgIpc) is 2.62. The Hall–Kier alpha value is -2.77. The summed E-state index contributed by atoms with van der Waals surface area (Å²) in [6, 6.07) is 11.3. The first-order chi connectivity index (χ1) is 12.0. The van der Waals surface area contributed by atoms with Crippen molar-refractivity contribution in [3.05, 3.63) is 65.5 Å². The topological polar surface area (TPSA) is 87.7 Å². The van der Waals surface area contributed by atoms with Gasteiger partial charge in [-0.1, -0.05) is 12.1 Å². The Balaban J connectivity index is 1.64. The standard InChI is InChI=1S/C18H17FN2O4/c19-13-5-1-12(2-6-13)18(24)20-14-7-3-11(4-8-14)17(23)15-9-25-10-16(22)21-15/h1-8,15,17,23H,9-10H2,(H,20,24)(H,21,22)/t15-,17-/m1/s1. The summed E-state index contributed by atoms with van der Waals surface area (Å²) in [4.78, 5) is 23.4. The third-order valence-electron chi connectivity index (χ3n) is 3.87. The van der Waals surface area contributed by atoms with Gasteiger partial charge in [-0.05, 0) is 42.0 Å². The van der Waals surface area contributed by atoms with Crippen LogP contribution in [0.3, 0.4) is 0 Å². The van der Waals surface area contributed by atoms with Gasteiger partial charge in [0.1, 0.15) is 18.5 Å². The van der Waals surface area contributed by atoms with E-state index in [4.69, 9.17) is 4.74 Å². The minimum absolute atomic E-state index is 0.00241. The highest BCUT2D eigenvalue weighted by Crippen LogP contribution is 2.21. The molecule has 7 heteroatoms. The molecule has 1 aliphatic heterocycles. The van der Waals surface area contributed by atoms with E-state index in [1.165, 1.54) is 24.3 Å². The zero-order valence-corrected chi connectivity index (χ0v) is 13.2. The van der Waals surface area contributed by atoms with Crippen LogP contribution in [0.25, 0.3) is 0 Å². The van der Waals surface area contributed by atoms with Crippen LogP contribution < -0.4 is 10.6 Å². The number of carbonyl (C=O) groups excluding carboxylic acids is 2. The molecule has 1 fully saturated rings. The maximum Gasteiger partial charge on any atom is 0.255 e. The molecule has 0 aromatic heterocycles. The maximum absolute atomic E-state index is 12.9. The molecule has 0 spiro atoms. The van der Waals surface area contributed by atoms with Crippen molar-refractivity contribution in [2.24, 2.45) is 0 Å². The van der Waals surface area contributed by atoms with E-state index in [9.17, 15) is 19.1 Å². The minimum atomic E-state index is -0.911. The first-order valence-electron chi connectivity index (χ1n) is 7.75. The Bertz CT molecular complexity index is 762. The van der Waals surface area contributed by atoms with E-state index in [1.807, 2.05) is 0 Å². The summed E-state index contributed by atoms with van der Waals surface area (Å²) in [6.07, 6.45) is -0.911. The molecule has 2 aromatic rings. The molecule has 1 heterocycles. The molecular formula is C18H17FN2O4. The summed E-state index contributed by atoms with van der Waals surface area (Å²) in [5.74, 6) is -1.03. The van der Waals surface area contributed by atoms with Gasteiger partial charge in [-0.15, -0.1) is 0 Å². The third-order valence-corrected chi connectivity index (χ3v) is 3.87. The van der Waals surface area contributed by atoms with Gasteiger partial charge in [-0.25, -0.2) is 4.39 Å². The quantitative estimate of drug-likeness (QED) is 0.787. The molecule has 3 N–H and O–H groups in total. The summed E-state index contributed by atoms with van der Waals surface area (Å²) in [6.45, 7) is 0.230. The Morgan fingerprint density at radius 2 is 1.88 bits per heavy atom. The number of ether oxygens (including phenoxy) is 1. The largest absolute Gasteiger partial charge is 0.386 e. The normalized spacial score (nSPS) is 18.3. The number of halogens is 1. The zero-order valence-electron chi connectivity index (χ0n) is 13.2. The van der Waals surface area contributed by atoms with E-state index in [1.54, 1.807) is 24.3 Å². The summed E-state index contributed by atoms with van der Waals surface area (Å²) >= 11 is 0. The second-order valence-corrected chi connectivity index (χ2v) is 5.72. The fourth-order valence-electron chi connectivity index (χ4n) is 2.54. The number of aliphatic hydroxyl groups excluding tert-OH is 1. The minimum Gasteiger partial charge on any atom is -0.386 e. The van der Waals surface area contributed by atoms with E-state index < -0.39 is 18.0 Å². The van der Waals surface area contributed by atoms with Gasteiger partial charge in [0, 0.05) is 11.3 Å². The van der Waals surface area contributed by atoms with Gasteiger partial charge in [0.05, 0.1) is 12.6 Å². The number of benzene rings is 2. The highest BCUT2D eigenvalue weighted by molar-refractivity contribution is 6.04. The van der Waals surface area contributed by atoms with Crippen molar-refractivity contribution in [3.63, 3.8) is 0 Å². The van der Waals surface area contributed by atoms with Gasteiger partial charge in [-0.2, -0.15) is 0 Å². The van der Waals surface area contributed by atoms with Crippen LogP contribution >= 0.6 is 0 Å². The number of hydrogen-bond donors (Lipinski definition) is 3. The summed E-state index contributed by atoms with van der Waals surface area (Å²) < 4.78 is 18.0. The number of rotatable bonds is 4. The van der Waals surface area contributed by atoms with Crippen molar-refractivity contribution in [1.82, 2.24) is 5.32 Å². The molecule has 1 aliphatic rings. The number of nitrogens with one attached hydrogen (secondary N) is 2. The molecule has 3 rings (SSSR count). The molecule has 0 radical (unpaired) electrons. The van der Waals surface area contributed by atoms with Gasteiger partial charge in [-0.3, -0.25) is 9.59 Å². The predicted octanol–water partition coefficient (Wildman–Crippen LogP) is 1.63. The van der Waals surface area contributed by atoms with Gasteiger partial charge >= 0.3 is 0 Å². The Morgan fingerprint density at radius 1 is 1.20 bits per heavy atom. The molecule has 6 nitrogen and oxygen atoms in total. The molecule has 0 saturated carbocycles. The molecule has 130 valence electrons. The fourth-order valence-corrected chi connectivity index (χ4v) is 2.54. The molecule has 0 bridgehead atoms. The van der Waals surface area contributed by atoms with Crippen molar-refractivity contribution in [2.75, 3.05) is 18.5 Å². The lowest BCUT2D eigenvalue weighted by atomic mass is 10.0. The van der Waals surface area contributed by atoms with Crippen LogP contribution in [0, 0.1) is 5.82 Å². The van der Waals surface area contributed by atoms with E-state index in [2.05, 4.69) is 10.6 Å².